The Hall–Kier alpha value is -3.81. The number of aliphatic carboxylic acids is 1. The van der Waals surface area contributed by atoms with Crippen molar-refractivity contribution in [1.82, 2.24) is 4.90 Å². The van der Waals surface area contributed by atoms with Gasteiger partial charge in [-0.3, -0.25) is 4.90 Å². The topological polar surface area (TPSA) is 66.8 Å². The highest BCUT2D eigenvalue weighted by atomic mass is 19.4. The Labute approximate surface area is 193 Å². The standard InChI is InChI=1S/C26H20F3NO4/c27-26(28,29)22-11-5-6-15-12-23(24(31)32)30(13-20(15)22)25(33)34-14-21-18-9-3-1-7-16(18)17-8-2-4-10-19(17)21/h1-11,21,23H,12-14H2,(H,31,32)/t23-/m0/s1. The molecule has 0 bridgehead atoms. The second kappa shape index (κ2) is 8.20. The van der Waals surface area contributed by atoms with E-state index in [-0.39, 0.29) is 30.1 Å². The second-order valence-electron chi connectivity index (χ2n) is 8.43. The quantitative estimate of drug-likeness (QED) is 0.555. The molecule has 5 rings (SSSR count). The molecule has 34 heavy (non-hydrogen) atoms. The van der Waals surface area contributed by atoms with E-state index in [1.807, 2.05) is 48.5 Å². The van der Waals surface area contributed by atoms with Crippen molar-refractivity contribution in [1.29, 1.82) is 0 Å². The molecule has 0 fully saturated rings. The summed E-state index contributed by atoms with van der Waals surface area (Å²) in [6, 6.07) is 17.8. The van der Waals surface area contributed by atoms with E-state index in [0.717, 1.165) is 33.2 Å². The average Bonchev–Trinajstić information content (AvgIpc) is 3.14. The molecule has 5 nitrogen and oxygen atoms in total. The monoisotopic (exact) mass is 467 g/mol. The number of hydrogen-bond acceptors (Lipinski definition) is 3. The SMILES string of the molecule is O=C(O)[C@@H]1Cc2cccc(C(F)(F)F)c2CN1C(=O)OCC1c2ccccc2-c2ccccc21. The molecule has 1 amide bonds. The Kier molecular flexibility index (Phi) is 5.31. The number of hydrogen-bond donors (Lipinski definition) is 1. The van der Waals surface area contributed by atoms with Gasteiger partial charge in [-0.25, -0.2) is 9.59 Å². The number of ether oxygens (including phenoxy) is 1. The van der Waals surface area contributed by atoms with Crippen molar-refractivity contribution in [2.45, 2.75) is 31.1 Å². The Balaban J connectivity index is 1.41. The van der Waals surface area contributed by atoms with Gasteiger partial charge in [-0.2, -0.15) is 13.2 Å². The Bertz CT molecular complexity index is 1240. The molecule has 0 saturated heterocycles. The molecule has 3 aromatic carbocycles. The van der Waals surface area contributed by atoms with Crippen LogP contribution in [0.25, 0.3) is 11.1 Å². The van der Waals surface area contributed by atoms with Crippen molar-refractivity contribution in [2.75, 3.05) is 6.61 Å². The third-order valence-corrected chi connectivity index (χ3v) is 6.55. The lowest BCUT2D eigenvalue weighted by Gasteiger charge is -2.35. The summed E-state index contributed by atoms with van der Waals surface area (Å²) in [5.41, 5.74) is 3.33. The number of nitrogens with zero attached hydrogens (tertiary/aromatic N) is 1. The lowest BCUT2D eigenvalue weighted by molar-refractivity contribution is -0.143. The van der Waals surface area contributed by atoms with Crippen molar-refractivity contribution in [3.05, 3.63) is 94.5 Å². The van der Waals surface area contributed by atoms with Gasteiger partial charge in [-0.15, -0.1) is 0 Å². The van der Waals surface area contributed by atoms with Crippen LogP contribution in [0.4, 0.5) is 18.0 Å². The minimum absolute atomic E-state index is 0.0521. The average molecular weight is 467 g/mol. The zero-order valence-corrected chi connectivity index (χ0v) is 17.9. The predicted molar refractivity (Wildman–Crippen MR) is 117 cm³/mol. The van der Waals surface area contributed by atoms with E-state index < -0.39 is 36.4 Å². The van der Waals surface area contributed by atoms with Crippen LogP contribution in [-0.4, -0.2) is 34.7 Å². The zero-order valence-electron chi connectivity index (χ0n) is 17.9. The largest absolute Gasteiger partial charge is 0.480 e. The highest BCUT2D eigenvalue weighted by Crippen LogP contribution is 2.44. The van der Waals surface area contributed by atoms with E-state index in [9.17, 15) is 27.9 Å². The molecule has 2 aliphatic rings. The minimum Gasteiger partial charge on any atom is -0.480 e. The molecule has 8 heteroatoms. The van der Waals surface area contributed by atoms with Crippen molar-refractivity contribution in [3.8, 4) is 11.1 Å². The number of fused-ring (bicyclic) bond motifs is 4. The first-order chi connectivity index (χ1) is 16.3. The maximum atomic E-state index is 13.5. The zero-order chi connectivity index (χ0) is 24.0. The van der Waals surface area contributed by atoms with Gasteiger partial charge in [0.25, 0.3) is 0 Å². The molecule has 0 unspecified atom stereocenters. The Morgan fingerprint density at radius 1 is 0.941 bits per heavy atom. The lowest BCUT2D eigenvalue weighted by Crippen LogP contribution is -2.49. The van der Waals surface area contributed by atoms with E-state index >= 15 is 0 Å². The maximum absolute atomic E-state index is 13.5. The minimum atomic E-state index is -4.62. The van der Waals surface area contributed by atoms with E-state index in [1.54, 1.807) is 0 Å². The molecule has 1 aliphatic heterocycles. The number of amides is 1. The number of carboxylic acid groups (broad SMARTS) is 1. The first-order valence-electron chi connectivity index (χ1n) is 10.8. The number of benzene rings is 3. The predicted octanol–water partition coefficient (Wildman–Crippen LogP) is 5.47. The van der Waals surface area contributed by atoms with Gasteiger partial charge in [0.15, 0.2) is 0 Å². The summed E-state index contributed by atoms with van der Waals surface area (Å²) in [6.45, 7) is -0.540. The Morgan fingerprint density at radius 3 is 2.15 bits per heavy atom. The summed E-state index contributed by atoms with van der Waals surface area (Å²) in [7, 11) is 0. The number of carboxylic acids is 1. The van der Waals surface area contributed by atoms with E-state index in [2.05, 4.69) is 0 Å². The van der Waals surface area contributed by atoms with Crippen LogP contribution in [0.1, 0.15) is 33.7 Å². The van der Waals surface area contributed by atoms with Crippen LogP contribution >= 0.6 is 0 Å². The second-order valence-corrected chi connectivity index (χ2v) is 8.43. The molecule has 1 aliphatic carbocycles. The molecule has 0 spiro atoms. The molecule has 174 valence electrons. The van der Waals surface area contributed by atoms with Crippen molar-refractivity contribution >= 4 is 12.1 Å². The lowest BCUT2D eigenvalue weighted by atomic mass is 9.90. The van der Waals surface area contributed by atoms with Crippen LogP contribution in [0.5, 0.6) is 0 Å². The van der Waals surface area contributed by atoms with Crippen molar-refractivity contribution in [2.24, 2.45) is 0 Å². The molecule has 3 aromatic rings. The molecule has 1 heterocycles. The summed E-state index contributed by atoms with van der Waals surface area (Å²) in [5.74, 6) is -1.54. The number of halogens is 3. The number of alkyl halides is 3. The molecular weight excluding hydrogens is 447 g/mol. The number of carbonyl (C=O) groups excluding carboxylic acids is 1. The van der Waals surface area contributed by atoms with Crippen LogP contribution < -0.4 is 0 Å². The first-order valence-corrected chi connectivity index (χ1v) is 10.8. The van der Waals surface area contributed by atoms with Gasteiger partial charge in [0.05, 0.1) is 12.1 Å². The van der Waals surface area contributed by atoms with Gasteiger partial charge in [-0.1, -0.05) is 60.7 Å². The normalized spacial score (nSPS) is 17.0. The van der Waals surface area contributed by atoms with E-state index in [1.165, 1.54) is 12.1 Å². The fraction of sp³-hybridized carbons (Fsp3) is 0.231. The fourth-order valence-corrected chi connectivity index (χ4v) is 4.97. The first kappa shape index (κ1) is 22.0. The summed E-state index contributed by atoms with van der Waals surface area (Å²) in [5, 5.41) is 9.68. The van der Waals surface area contributed by atoms with Crippen LogP contribution in [0.15, 0.2) is 66.7 Å². The van der Waals surface area contributed by atoms with Gasteiger partial charge in [0.1, 0.15) is 12.6 Å². The van der Waals surface area contributed by atoms with E-state index in [4.69, 9.17) is 4.74 Å². The molecule has 1 N–H and O–H groups in total. The number of carbonyl (C=O) groups is 2. The molecular formula is C26H20F3NO4. The van der Waals surface area contributed by atoms with Crippen LogP contribution in [0.2, 0.25) is 0 Å². The van der Waals surface area contributed by atoms with Gasteiger partial charge in [0.2, 0.25) is 0 Å². The van der Waals surface area contributed by atoms with Gasteiger partial charge in [-0.05, 0) is 39.4 Å². The highest BCUT2D eigenvalue weighted by molar-refractivity contribution is 5.82. The van der Waals surface area contributed by atoms with Gasteiger partial charge < -0.3 is 9.84 Å². The summed E-state index contributed by atoms with van der Waals surface area (Å²) in [6.07, 6.45) is -5.79. The third-order valence-electron chi connectivity index (χ3n) is 6.55. The molecule has 1 atom stereocenters. The Morgan fingerprint density at radius 2 is 1.56 bits per heavy atom. The summed E-state index contributed by atoms with van der Waals surface area (Å²) < 4.78 is 46.2. The van der Waals surface area contributed by atoms with Gasteiger partial charge >= 0.3 is 18.2 Å². The van der Waals surface area contributed by atoms with E-state index in [0.29, 0.717) is 0 Å². The fourth-order valence-electron chi connectivity index (χ4n) is 4.97. The summed E-state index contributed by atoms with van der Waals surface area (Å²) >= 11 is 0. The smallest absolute Gasteiger partial charge is 0.416 e. The summed E-state index contributed by atoms with van der Waals surface area (Å²) in [4.78, 5) is 25.8. The van der Waals surface area contributed by atoms with Crippen molar-refractivity contribution in [3.63, 3.8) is 0 Å². The number of rotatable bonds is 3. The maximum Gasteiger partial charge on any atom is 0.416 e. The van der Waals surface area contributed by atoms with Gasteiger partial charge in [0, 0.05) is 12.3 Å². The highest BCUT2D eigenvalue weighted by Gasteiger charge is 2.41. The van der Waals surface area contributed by atoms with Crippen molar-refractivity contribution < 1.29 is 32.6 Å². The molecule has 0 aromatic heterocycles. The molecule has 0 saturated carbocycles. The van der Waals surface area contributed by atoms with Crippen LogP contribution in [0, 0.1) is 0 Å². The van der Waals surface area contributed by atoms with Crippen LogP contribution in [0.3, 0.4) is 0 Å². The van der Waals surface area contributed by atoms with Crippen LogP contribution in [-0.2, 0) is 28.7 Å². The third kappa shape index (κ3) is 3.69. The molecule has 0 radical (unpaired) electrons.